The summed E-state index contributed by atoms with van der Waals surface area (Å²) in [6.45, 7) is 0.311. The van der Waals surface area contributed by atoms with Crippen LogP contribution in [0, 0.1) is 0 Å². The number of furan rings is 1. The Kier molecular flexibility index (Phi) is 6.72. The third kappa shape index (κ3) is 4.99. The van der Waals surface area contributed by atoms with E-state index in [1.54, 1.807) is 35.5 Å². The van der Waals surface area contributed by atoms with Gasteiger partial charge in [-0.2, -0.15) is 0 Å². The minimum absolute atomic E-state index is 0.149. The smallest absolute Gasteiger partial charge is 0.290 e. The summed E-state index contributed by atoms with van der Waals surface area (Å²) in [4.78, 5) is 29.6. The lowest BCUT2D eigenvalue weighted by Gasteiger charge is -2.31. The van der Waals surface area contributed by atoms with Gasteiger partial charge in [-0.25, -0.2) is 0 Å². The molecule has 31 heavy (non-hydrogen) atoms. The summed E-state index contributed by atoms with van der Waals surface area (Å²) >= 11 is 1.55. The Hall–Kier alpha value is -3.06. The molecule has 0 radical (unpaired) electrons. The Morgan fingerprint density at radius 2 is 1.94 bits per heavy atom. The van der Waals surface area contributed by atoms with Crippen molar-refractivity contribution < 1.29 is 18.7 Å². The number of hydrogen-bond donors (Lipinski definition) is 1. The first-order valence-corrected chi connectivity index (χ1v) is 11.3. The molecule has 2 aromatic heterocycles. The summed E-state index contributed by atoms with van der Waals surface area (Å²) in [5.74, 6) is 0.416. The SMILES string of the molecule is COc1ccc([C@H](C(=O)NC2CCCC2)N(Cc2cccs2)C(=O)c2ccco2)cc1. The van der Waals surface area contributed by atoms with Gasteiger partial charge in [-0.3, -0.25) is 9.59 Å². The second-order valence-electron chi connectivity index (χ2n) is 7.66. The lowest BCUT2D eigenvalue weighted by Crippen LogP contribution is -2.45. The van der Waals surface area contributed by atoms with Crippen molar-refractivity contribution in [2.75, 3.05) is 7.11 Å². The van der Waals surface area contributed by atoms with E-state index in [1.165, 1.54) is 6.26 Å². The van der Waals surface area contributed by atoms with Crippen LogP contribution < -0.4 is 10.1 Å². The van der Waals surface area contributed by atoms with E-state index in [0.717, 1.165) is 36.1 Å². The largest absolute Gasteiger partial charge is 0.497 e. The Morgan fingerprint density at radius 3 is 2.55 bits per heavy atom. The zero-order valence-corrected chi connectivity index (χ0v) is 18.3. The van der Waals surface area contributed by atoms with Crippen LogP contribution in [0.5, 0.6) is 5.75 Å². The lowest BCUT2D eigenvalue weighted by atomic mass is 10.0. The number of carbonyl (C=O) groups is 2. The van der Waals surface area contributed by atoms with Crippen LogP contribution in [0.1, 0.15) is 52.7 Å². The number of amides is 2. The maximum Gasteiger partial charge on any atom is 0.290 e. The normalized spacial score (nSPS) is 14.9. The van der Waals surface area contributed by atoms with Crippen molar-refractivity contribution in [3.63, 3.8) is 0 Å². The molecule has 2 amide bonds. The van der Waals surface area contributed by atoms with Crippen LogP contribution in [0.3, 0.4) is 0 Å². The molecule has 2 heterocycles. The predicted molar refractivity (Wildman–Crippen MR) is 119 cm³/mol. The summed E-state index contributed by atoms with van der Waals surface area (Å²) in [5.41, 5.74) is 0.729. The molecule has 1 aromatic carbocycles. The van der Waals surface area contributed by atoms with Crippen molar-refractivity contribution >= 4 is 23.2 Å². The van der Waals surface area contributed by atoms with Crippen LogP contribution in [0.15, 0.2) is 64.6 Å². The second-order valence-corrected chi connectivity index (χ2v) is 8.69. The molecule has 6 nitrogen and oxygen atoms in total. The van der Waals surface area contributed by atoms with E-state index >= 15 is 0 Å². The molecule has 162 valence electrons. The van der Waals surface area contributed by atoms with Crippen molar-refractivity contribution in [2.24, 2.45) is 0 Å². The van der Waals surface area contributed by atoms with Crippen LogP contribution in [-0.4, -0.2) is 29.9 Å². The Balaban J connectivity index is 1.71. The van der Waals surface area contributed by atoms with Crippen LogP contribution in [-0.2, 0) is 11.3 Å². The Labute approximate surface area is 185 Å². The average molecular weight is 439 g/mol. The van der Waals surface area contributed by atoms with Gasteiger partial charge in [-0.05, 0) is 54.1 Å². The van der Waals surface area contributed by atoms with E-state index in [4.69, 9.17) is 9.15 Å². The summed E-state index contributed by atoms with van der Waals surface area (Å²) in [7, 11) is 1.60. The number of benzene rings is 1. The number of carbonyl (C=O) groups excluding carboxylic acids is 2. The predicted octanol–water partition coefficient (Wildman–Crippen LogP) is 4.79. The summed E-state index contributed by atoms with van der Waals surface area (Å²) < 4.78 is 10.7. The third-order valence-corrected chi connectivity index (χ3v) is 6.45. The molecule has 7 heteroatoms. The molecule has 0 aliphatic heterocycles. The topological polar surface area (TPSA) is 71.8 Å². The van der Waals surface area contributed by atoms with Crippen LogP contribution in [0.4, 0.5) is 0 Å². The van der Waals surface area contributed by atoms with Crippen LogP contribution in [0.25, 0.3) is 0 Å². The molecule has 1 fully saturated rings. The highest BCUT2D eigenvalue weighted by Crippen LogP contribution is 2.29. The van der Waals surface area contributed by atoms with Crippen molar-refractivity contribution in [1.29, 1.82) is 0 Å². The van der Waals surface area contributed by atoms with E-state index in [2.05, 4.69) is 5.32 Å². The van der Waals surface area contributed by atoms with Crippen LogP contribution >= 0.6 is 11.3 Å². The third-order valence-electron chi connectivity index (χ3n) is 5.59. The summed E-state index contributed by atoms with van der Waals surface area (Å²) in [6.07, 6.45) is 5.64. The van der Waals surface area contributed by atoms with Crippen molar-refractivity contribution in [3.8, 4) is 5.75 Å². The number of rotatable bonds is 8. The van der Waals surface area contributed by atoms with E-state index in [0.29, 0.717) is 12.3 Å². The van der Waals surface area contributed by atoms with E-state index in [-0.39, 0.29) is 23.6 Å². The van der Waals surface area contributed by atoms with E-state index in [1.807, 2.05) is 41.8 Å². The van der Waals surface area contributed by atoms with Gasteiger partial charge in [0.2, 0.25) is 5.91 Å². The number of ether oxygens (including phenoxy) is 1. The molecular weight excluding hydrogens is 412 g/mol. The zero-order valence-electron chi connectivity index (χ0n) is 17.5. The number of hydrogen-bond acceptors (Lipinski definition) is 5. The molecule has 1 aliphatic rings. The maximum atomic E-state index is 13.5. The van der Waals surface area contributed by atoms with Crippen molar-refractivity contribution in [2.45, 2.75) is 44.3 Å². The van der Waals surface area contributed by atoms with Gasteiger partial charge in [0.1, 0.15) is 11.8 Å². The minimum Gasteiger partial charge on any atom is -0.497 e. The first-order valence-electron chi connectivity index (χ1n) is 10.5. The molecule has 0 spiro atoms. The van der Waals surface area contributed by atoms with E-state index in [9.17, 15) is 9.59 Å². The Bertz CT molecular complexity index is 977. The highest BCUT2D eigenvalue weighted by molar-refractivity contribution is 7.09. The molecule has 1 atom stereocenters. The van der Waals surface area contributed by atoms with Crippen LogP contribution in [0.2, 0.25) is 0 Å². The first kappa shape index (κ1) is 21.2. The molecule has 4 rings (SSSR count). The number of thiophene rings is 1. The van der Waals surface area contributed by atoms with Gasteiger partial charge in [0, 0.05) is 10.9 Å². The fraction of sp³-hybridized carbons (Fsp3) is 0.333. The molecule has 1 aliphatic carbocycles. The average Bonchev–Trinajstić information content (AvgIpc) is 3.57. The molecule has 0 bridgehead atoms. The highest BCUT2D eigenvalue weighted by Gasteiger charge is 2.34. The van der Waals surface area contributed by atoms with Gasteiger partial charge in [-0.1, -0.05) is 31.0 Å². The van der Waals surface area contributed by atoms with Gasteiger partial charge in [0.15, 0.2) is 5.76 Å². The molecule has 0 unspecified atom stereocenters. The van der Waals surface area contributed by atoms with Gasteiger partial charge in [0.05, 0.1) is 19.9 Å². The van der Waals surface area contributed by atoms with Gasteiger partial charge < -0.3 is 19.4 Å². The van der Waals surface area contributed by atoms with Gasteiger partial charge in [0.25, 0.3) is 5.91 Å². The summed E-state index contributed by atoms with van der Waals surface area (Å²) in [6, 6.07) is 13.9. The molecule has 0 saturated heterocycles. The fourth-order valence-corrected chi connectivity index (χ4v) is 4.70. The first-order chi connectivity index (χ1) is 15.2. The standard InChI is InChI=1S/C24H26N2O4S/c1-29-19-12-10-17(11-13-19)22(23(27)25-18-6-2-3-7-18)26(16-20-8-5-15-31-20)24(28)21-9-4-14-30-21/h4-5,8-15,18,22H,2-3,6-7,16H2,1H3,(H,25,27)/t22-/m1/s1. The quantitative estimate of drug-likeness (QED) is 0.549. The minimum atomic E-state index is -0.786. The van der Waals surface area contributed by atoms with Gasteiger partial charge in [-0.15, -0.1) is 11.3 Å². The summed E-state index contributed by atoms with van der Waals surface area (Å²) in [5, 5.41) is 5.14. The molecule has 1 N–H and O–H groups in total. The second kappa shape index (κ2) is 9.83. The number of nitrogens with zero attached hydrogens (tertiary/aromatic N) is 1. The number of methoxy groups -OCH3 is 1. The zero-order chi connectivity index (χ0) is 21.6. The van der Waals surface area contributed by atoms with Gasteiger partial charge >= 0.3 is 0 Å². The maximum absolute atomic E-state index is 13.5. The molecule has 3 aromatic rings. The fourth-order valence-electron chi connectivity index (χ4n) is 4.00. The van der Waals surface area contributed by atoms with E-state index < -0.39 is 6.04 Å². The molecule has 1 saturated carbocycles. The van der Waals surface area contributed by atoms with Crippen molar-refractivity contribution in [1.82, 2.24) is 10.2 Å². The van der Waals surface area contributed by atoms with Crippen molar-refractivity contribution in [3.05, 3.63) is 76.4 Å². The highest BCUT2D eigenvalue weighted by atomic mass is 32.1. The molecular formula is C24H26N2O4S. The Morgan fingerprint density at radius 1 is 1.16 bits per heavy atom. The lowest BCUT2D eigenvalue weighted by molar-refractivity contribution is -0.126. The number of nitrogens with one attached hydrogen (secondary N) is 1. The monoisotopic (exact) mass is 438 g/mol.